The molecule has 0 radical (unpaired) electrons. The molecule has 0 bridgehead atoms. The normalized spacial score (nSPS) is 9.81. The average Bonchev–Trinajstić information content (AvgIpc) is 2.91. The third-order valence-corrected chi connectivity index (χ3v) is 2.94. The van der Waals surface area contributed by atoms with Gasteiger partial charge in [-0.05, 0) is 18.2 Å². The number of amides is 1. The number of rotatable bonds is 4. The molecule has 0 aliphatic carbocycles. The number of hydrogen-bond acceptors (Lipinski definition) is 4. The van der Waals surface area contributed by atoms with Crippen LogP contribution >= 0.6 is 0 Å². The summed E-state index contributed by atoms with van der Waals surface area (Å²) in [6.07, 6.45) is 4.01. The fraction of sp³-hybridized carbons (Fsp3) is 0.267. The first-order valence-electron chi connectivity index (χ1n) is 6.61. The van der Waals surface area contributed by atoms with Crippen molar-refractivity contribution in [3.63, 3.8) is 0 Å². The van der Waals surface area contributed by atoms with E-state index in [1.165, 1.54) is 0 Å². The minimum Gasteiger partial charge on any atom is -0.350 e. The van der Waals surface area contributed by atoms with Gasteiger partial charge in [0, 0.05) is 38.1 Å². The van der Waals surface area contributed by atoms with Gasteiger partial charge in [-0.1, -0.05) is 11.8 Å². The Labute approximate surface area is 123 Å². The number of nitrogens with two attached hydrogens (primary N) is 1. The van der Waals surface area contributed by atoms with Gasteiger partial charge in [0.25, 0.3) is 5.91 Å². The van der Waals surface area contributed by atoms with Crippen LogP contribution in [0, 0.1) is 11.8 Å². The quantitative estimate of drug-likeness (QED) is 0.779. The Morgan fingerprint density at radius 2 is 2.29 bits per heavy atom. The van der Waals surface area contributed by atoms with Crippen molar-refractivity contribution >= 4 is 5.91 Å². The topological polar surface area (TPSA) is 85.8 Å². The highest BCUT2D eigenvalue weighted by Crippen LogP contribution is 2.04. The van der Waals surface area contributed by atoms with Gasteiger partial charge in [-0.15, -0.1) is 0 Å². The van der Waals surface area contributed by atoms with E-state index >= 15 is 0 Å². The van der Waals surface area contributed by atoms with Crippen LogP contribution in [0.5, 0.6) is 0 Å². The lowest BCUT2D eigenvalue weighted by Crippen LogP contribution is -2.27. The molecule has 0 aromatic carbocycles. The van der Waals surface area contributed by atoms with E-state index in [2.05, 4.69) is 27.2 Å². The van der Waals surface area contributed by atoms with Crippen LogP contribution in [0.4, 0.5) is 0 Å². The lowest BCUT2D eigenvalue weighted by atomic mass is 10.2. The minimum atomic E-state index is -0.237. The molecule has 3 N–H and O–H groups in total. The Morgan fingerprint density at radius 3 is 3.00 bits per heavy atom. The van der Waals surface area contributed by atoms with Gasteiger partial charge in [0.05, 0.1) is 12.1 Å². The minimum absolute atomic E-state index is 0.237. The molecule has 0 unspecified atom stereocenters. The molecule has 0 saturated heterocycles. The number of carbonyl (C=O) groups is 1. The zero-order valence-corrected chi connectivity index (χ0v) is 11.8. The van der Waals surface area contributed by atoms with E-state index in [9.17, 15) is 4.79 Å². The summed E-state index contributed by atoms with van der Waals surface area (Å²) in [5.74, 6) is 5.35. The van der Waals surface area contributed by atoms with E-state index in [4.69, 9.17) is 5.73 Å². The number of hydrogen-bond donors (Lipinski definition) is 2. The van der Waals surface area contributed by atoms with E-state index in [-0.39, 0.29) is 12.5 Å². The van der Waals surface area contributed by atoms with Gasteiger partial charge in [0.1, 0.15) is 5.69 Å². The van der Waals surface area contributed by atoms with Crippen molar-refractivity contribution in [1.82, 2.24) is 20.1 Å². The molecule has 0 fully saturated rings. The Kier molecular flexibility index (Phi) is 5.07. The lowest BCUT2D eigenvalue weighted by molar-refractivity contribution is 0.0948. The van der Waals surface area contributed by atoms with Gasteiger partial charge in [-0.2, -0.15) is 5.10 Å². The highest BCUT2D eigenvalue weighted by molar-refractivity contribution is 5.94. The monoisotopic (exact) mass is 283 g/mol. The standard InChI is InChI=1S/C15H17N5O/c1-20-13(7-11-19-20)6-10-18-15(21)14-12(4-2-8-16)5-3-9-17-14/h3,5,7,9,11H,6,8,10,16H2,1H3,(H,18,21). The molecule has 21 heavy (non-hydrogen) atoms. The van der Waals surface area contributed by atoms with Gasteiger partial charge >= 0.3 is 0 Å². The number of carbonyl (C=O) groups excluding carboxylic acids is 1. The zero-order valence-electron chi connectivity index (χ0n) is 11.8. The van der Waals surface area contributed by atoms with Crippen LogP contribution in [0.1, 0.15) is 21.7 Å². The van der Waals surface area contributed by atoms with E-state index in [1.54, 1.807) is 29.2 Å². The molecule has 2 aromatic rings. The largest absolute Gasteiger partial charge is 0.350 e. The van der Waals surface area contributed by atoms with Gasteiger partial charge in [-0.25, -0.2) is 4.98 Å². The highest BCUT2D eigenvalue weighted by atomic mass is 16.1. The molecule has 6 heteroatoms. The molecule has 0 atom stereocenters. The van der Waals surface area contributed by atoms with Crippen LogP contribution in [0.25, 0.3) is 0 Å². The summed E-state index contributed by atoms with van der Waals surface area (Å²) >= 11 is 0. The summed E-state index contributed by atoms with van der Waals surface area (Å²) in [7, 11) is 1.87. The third-order valence-electron chi connectivity index (χ3n) is 2.94. The van der Waals surface area contributed by atoms with Gasteiger partial charge in [0.15, 0.2) is 0 Å². The summed E-state index contributed by atoms with van der Waals surface area (Å²) < 4.78 is 1.78. The molecule has 1 amide bonds. The second-order valence-electron chi connectivity index (χ2n) is 4.36. The van der Waals surface area contributed by atoms with Crippen LogP contribution in [0.3, 0.4) is 0 Å². The van der Waals surface area contributed by atoms with Crippen molar-refractivity contribution in [3.05, 3.63) is 47.5 Å². The predicted molar refractivity (Wildman–Crippen MR) is 79.4 cm³/mol. The van der Waals surface area contributed by atoms with Gasteiger partial charge < -0.3 is 11.1 Å². The maximum Gasteiger partial charge on any atom is 0.271 e. The SMILES string of the molecule is Cn1nccc1CCNC(=O)c1ncccc1C#CCN. The first-order valence-corrected chi connectivity index (χ1v) is 6.61. The first-order chi connectivity index (χ1) is 10.2. The molecule has 108 valence electrons. The van der Waals surface area contributed by atoms with Gasteiger partial charge in [-0.3, -0.25) is 9.48 Å². The second-order valence-corrected chi connectivity index (χ2v) is 4.36. The summed E-state index contributed by atoms with van der Waals surface area (Å²) in [6.45, 7) is 0.759. The Balaban J connectivity index is 1.99. The van der Waals surface area contributed by atoms with Crippen molar-refractivity contribution in [3.8, 4) is 11.8 Å². The van der Waals surface area contributed by atoms with Crippen LogP contribution in [0.2, 0.25) is 0 Å². The van der Waals surface area contributed by atoms with Crippen LogP contribution in [-0.2, 0) is 13.5 Å². The molecule has 6 nitrogen and oxygen atoms in total. The Hall–Kier alpha value is -2.65. The molecular formula is C15H17N5O. The maximum atomic E-state index is 12.1. The number of nitrogens with one attached hydrogen (secondary N) is 1. The predicted octanol–water partition coefficient (Wildman–Crippen LogP) is 0.0978. The molecule has 2 rings (SSSR count). The molecule has 2 heterocycles. The maximum absolute atomic E-state index is 12.1. The fourth-order valence-electron chi connectivity index (χ4n) is 1.87. The number of aryl methyl sites for hydroxylation is 1. The lowest BCUT2D eigenvalue weighted by Gasteiger charge is -2.06. The summed E-state index contributed by atoms with van der Waals surface area (Å²) in [6, 6.07) is 5.42. The summed E-state index contributed by atoms with van der Waals surface area (Å²) in [5, 5.41) is 6.92. The van der Waals surface area contributed by atoms with Crippen molar-refractivity contribution in [2.75, 3.05) is 13.1 Å². The van der Waals surface area contributed by atoms with E-state index < -0.39 is 0 Å². The van der Waals surface area contributed by atoms with Crippen LogP contribution in [-0.4, -0.2) is 33.8 Å². The summed E-state index contributed by atoms with van der Waals surface area (Å²) in [4.78, 5) is 16.2. The molecule has 2 aromatic heterocycles. The van der Waals surface area contributed by atoms with Crippen molar-refractivity contribution in [2.45, 2.75) is 6.42 Å². The van der Waals surface area contributed by atoms with E-state index in [0.717, 1.165) is 5.69 Å². The number of aromatic nitrogens is 3. The van der Waals surface area contributed by atoms with E-state index in [0.29, 0.717) is 24.2 Å². The van der Waals surface area contributed by atoms with E-state index in [1.807, 2.05) is 13.1 Å². The Bertz CT molecular complexity index is 681. The van der Waals surface area contributed by atoms with Crippen LogP contribution in [0.15, 0.2) is 30.6 Å². The number of pyridine rings is 1. The third kappa shape index (κ3) is 3.91. The smallest absolute Gasteiger partial charge is 0.271 e. The molecule has 0 saturated carbocycles. The zero-order chi connectivity index (χ0) is 15.1. The second kappa shape index (κ2) is 7.22. The van der Waals surface area contributed by atoms with Crippen LogP contribution < -0.4 is 11.1 Å². The Morgan fingerprint density at radius 1 is 1.43 bits per heavy atom. The molecule has 0 spiro atoms. The fourth-order valence-corrected chi connectivity index (χ4v) is 1.87. The molecule has 0 aliphatic heterocycles. The van der Waals surface area contributed by atoms with Crippen molar-refractivity contribution in [2.24, 2.45) is 12.8 Å². The number of nitrogens with zero attached hydrogens (tertiary/aromatic N) is 3. The van der Waals surface area contributed by atoms with Crippen molar-refractivity contribution < 1.29 is 4.79 Å². The first kappa shape index (κ1) is 14.8. The highest BCUT2D eigenvalue weighted by Gasteiger charge is 2.11. The van der Waals surface area contributed by atoms with Gasteiger partial charge in [0.2, 0.25) is 0 Å². The molecular weight excluding hydrogens is 266 g/mol. The average molecular weight is 283 g/mol. The molecule has 0 aliphatic rings. The van der Waals surface area contributed by atoms with Crippen molar-refractivity contribution in [1.29, 1.82) is 0 Å². The summed E-state index contributed by atoms with van der Waals surface area (Å²) in [5.41, 5.74) is 7.31.